The van der Waals surface area contributed by atoms with Crippen molar-refractivity contribution >= 4 is 59.0 Å². The van der Waals surface area contributed by atoms with Gasteiger partial charge in [-0.1, -0.05) is 11.6 Å². The van der Waals surface area contributed by atoms with Crippen molar-refractivity contribution in [1.82, 2.24) is 9.97 Å². The van der Waals surface area contributed by atoms with Crippen LogP contribution in [0.25, 0.3) is 0 Å². The molecule has 1 atom stereocenters. The van der Waals surface area contributed by atoms with E-state index in [-0.39, 0.29) is 41.5 Å². The fourth-order valence-electron chi connectivity index (χ4n) is 1.90. The Bertz CT molecular complexity index is 625. The lowest BCUT2D eigenvalue weighted by Crippen LogP contribution is -2.27. The lowest BCUT2D eigenvalue weighted by molar-refractivity contribution is -0.117. The Morgan fingerprint density at radius 1 is 1.53 bits per heavy atom. The first-order valence-corrected chi connectivity index (χ1v) is 8.82. The number of hydrogen-bond acceptors (Lipinski definition) is 5. The highest BCUT2D eigenvalue weighted by molar-refractivity contribution is 9.10. The summed E-state index contributed by atoms with van der Waals surface area (Å²) in [5, 5.41) is 0.152. The molecule has 0 bridgehead atoms. The van der Waals surface area contributed by atoms with Crippen LogP contribution in [-0.2, 0) is 13.8 Å². The van der Waals surface area contributed by atoms with Crippen LogP contribution in [-0.4, -0.2) is 36.6 Å². The molecule has 2 rings (SSSR count). The van der Waals surface area contributed by atoms with Gasteiger partial charge >= 0.3 is 0 Å². The van der Waals surface area contributed by atoms with Gasteiger partial charge in [0, 0.05) is 29.6 Å². The van der Waals surface area contributed by atoms with Gasteiger partial charge in [0.15, 0.2) is 5.82 Å². The van der Waals surface area contributed by atoms with Crippen molar-refractivity contribution in [2.24, 2.45) is 5.92 Å². The van der Waals surface area contributed by atoms with Gasteiger partial charge in [0.2, 0.25) is 15.0 Å². The molecule has 1 aromatic rings. The quantitative estimate of drug-likeness (QED) is 0.737. The van der Waals surface area contributed by atoms with Crippen LogP contribution in [0.1, 0.15) is 6.42 Å². The molecule has 6 nitrogen and oxygen atoms in total. The van der Waals surface area contributed by atoms with Gasteiger partial charge < -0.3 is 0 Å². The molecule has 0 saturated carbocycles. The maximum atomic E-state index is 11.9. The first-order valence-electron chi connectivity index (χ1n) is 5.17. The highest BCUT2D eigenvalue weighted by Gasteiger charge is 2.35. The van der Waals surface area contributed by atoms with Gasteiger partial charge in [0.05, 0.1) is 11.9 Å². The third kappa shape index (κ3) is 3.77. The molecule has 19 heavy (non-hydrogen) atoms. The average Bonchev–Trinajstić information content (AvgIpc) is 2.60. The minimum atomic E-state index is -3.64. The zero-order valence-corrected chi connectivity index (χ0v) is 13.3. The maximum absolute atomic E-state index is 11.9. The number of carbonyl (C=O) groups excluding carboxylic acids is 1. The molecule has 10 heteroatoms. The summed E-state index contributed by atoms with van der Waals surface area (Å²) in [4.78, 5) is 21.2. The predicted molar refractivity (Wildman–Crippen MR) is 74.8 cm³/mol. The maximum Gasteiger partial charge on any atom is 0.232 e. The van der Waals surface area contributed by atoms with Gasteiger partial charge in [-0.3, -0.25) is 9.69 Å². The summed E-state index contributed by atoms with van der Waals surface area (Å²) in [6.07, 6.45) is 1.45. The van der Waals surface area contributed by atoms with Crippen LogP contribution in [0.15, 0.2) is 10.8 Å². The second kappa shape index (κ2) is 5.51. The number of amides is 1. The van der Waals surface area contributed by atoms with Crippen LogP contribution >= 0.6 is 38.2 Å². The SMILES string of the molecule is O=C1CC(CS(=O)(=O)Cl)CN1c1nc(Cl)cnc1Br. The third-order valence-corrected chi connectivity index (χ3v) is 4.57. The summed E-state index contributed by atoms with van der Waals surface area (Å²) in [6.45, 7) is 0.221. The molecule has 1 saturated heterocycles. The lowest BCUT2D eigenvalue weighted by atomic mass is 10.1. The van der Waals surface area contributed by atoms with Crippen molar-refractivity contribution in [3.8, 4) is 0 Å². The van der Waals surface area contributed by atoms with Crippen molar-refractivity contribution in [2.45, 2.75) is 6.42 Å². The first kappa shape index (κ1) is 15.0. The zero-order valence-electron chi connectivity index (χ0n) is 9.38. The van der Waals surface area contributed by atoms with Crippen LogP contribution < -0.4 is 4.90 Å². The van der Waals surface area contributed by atoms with Gasteiger partial charge in [-0.05, 0) is 15.9 Å². The molecule has 1 fully saturated rings. The molecule has 0 spiro atoms. The van der Waals surface area contributed by atoms with E-state index in [4.69, 9.17) is 22.3 Å². The first-order chi connectivity index (χ1) is 8.76. The Kier molecular flexibility index (Phi) is 4.34. The van der Waals surface area contributed by atoms with Crippen molar-refractivity contribution in [3.63, 3.8) is 0 Å². The van der Waals surface area contributed by atoms with Crippen LogP contribution in [0.2, 0.25) is 5.15 Å². The Morgan fingerprint density at radius 2 is 2.21 bits per heavy atom. The van der Waals surface area contributed by atoms with E-state index >= 15 is 0 Å². The number of carbonyl (C=O) groups is 1. The number of halogens is 3. The zero-order chi connectivity index (χ0) is 14.2. The summed E-state index contributed by atoms with van der Waals surface area (Å²) in [6, 6.07) is 0. The minimum absolute atomic E-state index is 0.104. The average molecular weight is 389 g/mol. The number of anilines is 1. The summed E-state index contributed by atoms with van der Waals surface area (Å²) in [5.74, 6) is -0.556. The van der Waals surface area contributed by atoms with Crippen molar-refractivity contribution in [1.29, 1.82) is 0 Å². The van der Waals surface area contributed by atoms with Gasteiger partial charge in [-0.15, -0.1) is 0 Å². The highest BCUT2D eigenvalue weighted by Crippen LogP contribution is 2.30. The normalized spacial score (nSPS) is 20.1. The molecule has 0 N–H and O–H groups in total. The van der Waals surface area contributed by atoms with Gasteiger partial charge in [0.25, 0.3) is 0 Å². The molecule has 1 unspecified atom stereocenters. The molecule has 1 aliphatic rings. The Balaban J connectivity index is 2.23. The second-order valence-electron chi connectivity index (χ2n) is 4.09. The summed E-state index contributed by atoms with van der Waals surface area (Å²) >= 11 is 8.92. The van der Waals surface area contributed by atoms with Crippen molar-refractivity contribution < 1.29 is 13.2 Å². The van der Waals surface area contributed by atoms with Gasteiger partial charge in [-0.25, -0.2) is 18.4 Å². The van der Waals surface area contributed by atoms with Gasteiger partial charge in [0.1, 0.15) is 9.76 Å². The molecule has 1 aliphatic heterocycles. The Hall–Kier alpha value is -0.440. The second-order valence-corrected chi connectivity index (χ2v) is 8.05. The van der Waals surface area contributed by atoms with Crippen LogP contribution in [0.4, 0.5) is 5.82 Å². The Morgan fingerprint density at radius 3 is 2.84 bits per heavy atom. The molecule has 0 radical (unpaired) electrons. The number of aromatic nitrogens is 2. The van der Waals surface area contributed by atoms with E-state index in [1.165, 1.54) is 11.1 Å². The summed E-state index contributed by atoms with van der Waals surface area (Å²) in [5.41, 5.74) is 0. The van der Waals surface area contributed by atoms with E-state index in [9.17, 15) is 13.2 Å². The standard InChI is InChI=1S/C9H8BrCl2N3O3S/c10-8-9(14-6(11)2-13-8)15-3-5(1-7(15)16)4-19(12,17)18/h2,5H,1,3-4H2. The smallest absolute Gasteiger partial charge is 0.232 e. The molecule has 104 valence electrons. The van der Waals surface area contributed by atoms with E-state index < -0.39 is 9.05 Å². The summed E-state index contributed by atoms with van der Waals surface area (Å²) in [7, 11) is 1.56. The topological polar surface area (TPSA) is 80.2 Å². The molecule has 2 heterocycles. The summed E-state index contributed by atoms with van der Waals surface area (Å²) < 4.78 is 22.4. The fourth-order valence-corrected chi connectivity index (χ4v) is 3.75. The Labute approximate surface area is 127 Å². The molecule has 0 aromatic carbocycles. The van der Waals surface area contributed by atoms with Crippen LogP contribution in [0.5, 0.6) is 0 Å². The molecule has 0 aliphatic carbocycles. The number of hydrogen-bond donors (Lipinski definition) is 0. The van der Waals surface area contributed by atoms with E-state index in [0.29, 0.717) is 4.60 Å². The predicted octanol–water partition coefficient (Wildman–Crippen LogP) is 1.81. The van der Waals surface area contributed by atoms with Crippen LogP contribution in [0, 0.1) is 5.92 Å². The monoisotopic (exact) mass is 387 g/mol. The van der Waals surface area contributed by atoms with E-state index in [0.717, 1.165) is 0 Å². The van der Waals surface area contributed by atoms with E-state index in [1.807, 2.05) is 0 Å². The van der Waals surface area contributed by atoms with Gasteiger partial charge in [-0.2, -0.15) is 0 Å². The van der Waals surface area contributed by atoms with E-state index in [1.54, 1.807) is 0 Å². The minimum Gasteiger partial charge on any atom is -0.294 e. The molecule has 1 aromatic heterocycles. The third-order valence-electron chi connectivity index (χ3n) is 2.58. The number of rotatable bonds is 3. The number of nitrogens with zero attached hydrogens (tertiary/aromatic N) is 3. The highest BCUT2D eigenvalue weighted by atomic mass is 79.9. The molecular formula is C9H8BrCl2N3O3S. The van der Waals surface area contributed by atoms with E-state index in [2.05, 4.69) is 25.9 Å². The van der Waals surface area contributed by atoms with Crippen molar-refractivity contribution in [2.75, 3.05) is 17.2 Å². The molecular weight excluding hydrogens is 381 g/mol. The largest absolute Gasteiger partial charge is 0.294 e. The van der Waals surface area contributed by atoms with Crippen molar-refractivity contribution in [3.05, 3.63) is 16.0 Å². The lowest BCUT2D eigenvalue weighted by Gasteiger charge is -2.16. The molecule has 1 amide bonds. The fraction of sp³-hybridized carbons (Fsp3) is 0.444. The van der Waals surface area contributed by atoms with Crippen LogP contribution in [0.3, 0.4) is 0 Å².